The molecule has 0 bridgehead atoms. The molecule has 0 spiro atoms. The summed E-state index contributed by atoms with van der Waals surface area (Å²) in [7, 11) is 1.20. The Morgan fingerprint density at radius 3 is 2.60 bits per heavy atom. The van der Waals surface area contributed by atoms with E-state index in [9.17, 15) is 14.9 Å². The summed E-state index contributed by atoms with van der Waals surface area (Å²) in [5, 5.41) is 10.7. The number of carbonyl (C=O) groups excluding carboxylic acids is 1. The third kappa shape index (κ3) is 2.24. The molecule has 6 heteroatoms. The molecule has 80 valence electrons. The van der Waals surface area contributed by atoms with Gasteiger partial charge in [-0.2, -0.15) is 0 Å². The number of non-ortho nitro benzene ring substituents is 1. The summed E-state index contributed by atoms with van der Waals surface area (Å²) in [6.45, 7) is 1.60. The number of benzene rings is 1. The van der Waals surface area contributed by atoms with E-state index in [2.05, 4.69) is 4.74 Å². The smallest absolute Gasteiger partial charge is 0.338 e. The second-order valence-corrected chi connectivity index (χ2v) is 3.26. The molecule has 0 heterocycles. The first-order valence-corrected chi connectivity index (χ1v) is 4.38. The van der Waals surface area contributed by atoms with Crippen LogP contribution in [0.2, 0.25) is 5.02 Å². The Morgan fingerprint density at radius 2 is 2.13 bits per heavy atom. The summed E-state index contributed by atoms with van der Waals surface area (Å²) >= 11 is 5.75. The summed E-state index contributed by atoms with van der Waals surface area (Å²) < 4.78 is 4.49. The van der Waals surface area contributed by atoms with Crippen molar-refractivity contribution in [3.05, 3.63) is 38.4 Å². The van der Waals surface area contributed by atoms with Crippen LogP contribution in [0.1, 0.15) is 15.9 Å². The van der Waals surface area contributed by atoms with Crippen LogP contribution in [-0.2, 0) is 4.74 Å². The van der Waals surface area contributed by atoms with Crippen molar-refractivity contribution < 1.29 is 14.5 Å². The highest BCUT2D eigenvalue weighted by atomic mass is 35.5. The lowest BCUT2D eigenvalue weighted by molar-refractivity contribution is -0.384. The van der Waals surface area contributed by atoms with Gasteiger partial charge >= 0.3 is 5.97 Å². The van der Waals surface area contributed by atoms with Crippen molar-refractivity contribution in [2.45, 2.75) is 6.92 Å². The number of nitro groups is 1. The van der Waals surface area contributed by atoms with E-state index in [1.54, 1.807) is 6.92 Å². The van der Waals surface area contributed by atoms with Crippen LogP contribution in [0, 0.1) is 17.0 Å². The predicted molar refractivity (Wildman–Crippen MR) is 54.2 cm³/mol. The van der Waals surface area contributed by atoms with Crippen LogP contribution < -0.4 is 0 Å². The van der Waals surface area contributed by atoms with Gasteiger partial charge in [0.2, 0.25) is 0 Å². The van der Waals surface area contributed by atoms with Crippen LogP contribution in [0.15, 0.2) is 12.1 Å². The van der Waals surface area contributed by atoms with Gasteiger partial charge in [-0.25, -0.2) is 4.79 Å². The zero-order valence-corrected chi connectivity index (χ0v) is 8.87. The number of halogens is 1. The molecule has 0 aliphatic heterocycles. The second-order valence-electron chi connectivity index (χ2n) is 2.85. The van der Waals surface area contributed by atoms with Crippen LogP contribution in [0.5, 0.6) is 0 Å². The van der Waals surface area contributed by atoms with Crippen molar-refractivity contribution in [3.63, 3.8) is 0 Å². The largest absolute Gasteiger partial charge is 0.465 e. The monoisotopic (exact) mass is 229 g/mol. The van der Waals surface area contributed by atoms with E-state index in [0.717, 1.165) is 6.07 Å². The summed E-state index contributed by atoms with van der Waals surface area (Å²) in [6, 6.07) is 2.34. The minimum absolute atomic E-state index is 0.108. The average molecular weight is 230 g/mol. The molecular formula is C9H8ClNO4. The molecule has 0 aliphatic rings. The fraction of sp³-hybridized carbons (Fsp3) is 0.222. The highest BCUT2D eigenvalue weighted by Crippen LogP contribution is 2.26. The maximum absolute atomic E-state index is 11.3. The standard InChI is InChI=1S/C9H8ClNO4/c1-5-7(9(12)15-2)3-6(11(13)14)4-8(5)10/h3-4H,1-2H3. The Bertz CT molecular complexity index is 430. The lowest BCUT2D eigenvalue weighted by atomic mass is 10.1. The molecule has 0 unspecified atom stereocenters. The molecule has 1 rings (SSSR count). The molecule has 0 aliphatic carbocycles. The minimum Gasteiger partial charge on any atom is -0.465 e. The van der Waals surface area contributed by atoms with Crippen LogP contribution >= 0.6 is 11.6 Å². The zero-order chi connectivity index (χ0) is 11.6. The number of nitrogens with zero attached hydrogens (tertiary/aromatic N) is 1. The first kappa shape index (κ1) is 11.5. The fourth-order valence-electron chi connectivity index (χ4n) is 1.09. The molecule has 0 amide bonds. The maximum Gasteiger partial charge on any atom is 0.338 e. The lowest BCUT2D eigenvalue weighted by Crippen LogP contribution is -2.05. The molecule has 0 fully saturated rings. The maximum atomic E-state index is 11.3. The Hall–Kier alpha value is -1.62. The highest BCUT2D eigenvalue weighted by Gasteiger charge is 2.18. The zero-order valence-electron chi connectivity index (χ0n) is 8.11. The van der Waals surface area contributed by atoms with Gasteiger partial charge in [-0.1, -0.05) is 11.6 Å². The molecule has 0 saturated heterocycles. The van der Waals surface area contributed by atoms with E-state index in [0.29, 0.717) is 5.56 Å². The number of esters is 1. The SMILES string of the molecule is COC(=O)c1cc([N+](=O)[O-])cc(Cl)c1C. The number of rotatable bonds is 2. The third-order valence-corrected chi connectivity index (χ3v) is 2.34. The number of ether oxygens (including phenoxy) is 1. The van der Waals surface area contributed by atoms with Crippen LogP contribution in [0.4, 0.5) is 5.69 Å². The molecule has 5 nitrogen and oxygen atoms in total. The molecule has 0 saturated carbocycles. The van der Waals surface area contributed by atoms with Gasteiger partial charge in [0.05, 0.1) is 22.6 Å². The number of hydrogen-bond donors (Lipinski definition) is 0. The van der Waals surface area contributed by atoms with Crippen LogP contribution in [0.3, 0.4) is 0 Å². The van der Waals surface area contributed by atoms with Crippen molar-refractivity contribution in [1.82, 2.24) is 0 Å². The van der Waals surface area contributed by atoms with Crippen LogP contribution in [0.25, 0.3) is 0 Å². The van der Waals surface area contributed by atoms with Crippen molar-refractivity contribution in [2.24, 2.45) is 0 Å². The van der Waals surface area contributed by atoms with Gasteiger partial charge in [-0.05, 0) is 12.5 Å². The van der Waals surface area contributed by atoms with E-state index in [-0.39, 0.29) is 16.3 Å². The van der Waals surface area contributed by atoms with E-state index in [1.165, 1.54) is 13.2 Å². The average Bonchev–Trinajstić information content (AvgIpc) is 2.20. The molecule has 15 heavy (non-hydrogen) atoms. The summed E-state index contributed by atoms with van der Waals surface area (Å²) in [6.07, 6.45) is 0. The Labute approximate surface area is 90.8 Å². The molecule has 1 aromatic carbocycles. The van der Waals surface area contributed by atoms with Crippen LogP contribution in [-0.4, -0.2) is 18.0 Å². The predicted octanol–water partition coefficient (Wildman–Crippen LogP) is 2.34. The van der Waals surface area contributed by atoms with Gasteiger partial charge in [0.25, 0.3) is 5.69 Å². The Morgan fingerprint density at radius 1 is 1.53 bits per heavy atom. The third-order valence-electron chi connectivity index (χ3n) is 1.95. The summed E-state index contributed by atoms with van der Waals surface area (Å²) in [5.74, 6) is -0.641. The van der Waals surface area contributed by atoms with E-state index >= 15 is 0 Å². The summed E-state index contributed by atoms with van der Waals surface area (Å²) in [5.41, 5.74) is 0.344. The quantitative estimate of drug-likeness (QED) is 0.443. The number of carbonyl (C=O) groups is 1. The van der Waals surface area contributed by atoms with Gasteiger partial charge < -0.3 is 4.74 Å². The van der Waals surface area contributed by atoms with Crippen molar-refractivity contribution >= 4 is 23.3 Å². The van der Waals surface area contributed by atoms with E-state index < -0.39 is 10.9 Å². The fourth-order valence-corrected chi connectivity index (χ4v) is 1.31. The Kier molecular flexibility index (Phi) is 3.26. The van der Waals surface area contributed by atoms with Crippen molar-refractivity contribution in [3.8, 4) is 0 Å². The van der Waals surface area contributed by atoms with E-state index in [1.807, 2.05) is 0 Å². The van der Waals surface area contributed by atoms with Crippen molar-refractivity contribution in [2.75, 3.05) is 7.11 Å². The molecule has 1 aromatic rings. The molecular weight excluding hydrogens is 222 g/mol. The van der Waals surface area contributed by atoms with Gasteiger partial charge in [0, 0.05) is 12.1 Å². The van der Waals surface area contributed by atoms with Gasteiger partial charge in [0.1, 0.15) is 0 Å². The number of nitro benzene ring substituents is 1. The topological polar surface area (TPSA) is 69.4 Å². The molecule has 0 aromatic heterocycles. The van der Waals surface area contributed by atoms with Gasteiger partial charge in [-0.15, -0.1) is 0 Å². The lowest BCUT2D eigenvalue weighted by Gasteiger charge is -2.05. The second kappa shape index (κ2) is 4.27. The van der Waals surface area contributed by atoms with E-state index in [4.69, 9.17) is 11.6 Å². The molecule has 0 atom stereocenters. The first-order chi connectivity index (χ1) is 6.97. The first-order valence-electron chi connectivity index (χ1n) is 4.00. The van der Waals surface area contributed by atoms with Gasteiger partial charge in [0.15, 0.2) is 0 Å². The number of hydrogen-bond acceptors (Lipinski definition) is 4. The Balaban J connectivity index is 3.37. The highest BCUT2D eigenvalue weighted by molar-refractivity contribution is 6.32. The minimum atomic E-state index is -0.641. The normalized spacial score (nSPS) is 9.80. The van der Waals surface area contributed by atoms with Crippen molar-refractivity contribution in [1.29, 1.82) is 0 Å². The summed E-state index contributed by atoms with van der Waals surface area (Å²) in [4.78, 5) is 21.2. The molecule has 0 radical (unpaired) electrons. The number of methoxy groups -OCH3 is 1. The van der Waals surface area contributed by atoms with Gasteiger partial charge in [-0.3, -0.25) is 10.1 Å². The molecule has 0 N–H and O–H groups in total.